The molecule has 110 valence electrons. The summed E-state index contributed by atoms with van der Waals surface area (Å²) in [6, 6.07) is 9.00. The molecule has 2 fully saturated rings. The first-order valence-corrected chi connectivity index (χ1v) is 8.30. The molecule has 2 N–H and O–H groups in total. The Hall–Kier alpha value is -0.860. The first kappa shape index (κ1) is 14.1. The Labute approximate surface area is 122 Å². The Morgan fingerprint density at radius 1 is 1.10 bits per heavy atom. The van der Waals surface area contributed by atoms with E-state index >= 15 is 0 Å². The Bertz CT molecular complexity index is 421. The van der Waals surface area contributed by atoms with Crippen molar-refractivity contribution in [1.82, 2.24) is 0 Å². The van der Waals surface area contributed by atoms with Gasteiger partial charge in [0.15, 0.2) is 0 Å². The van der Waals surface area contributed by atoms with Gasteiger partial charge in [-0.05, 0) is 62.0 Å². The van der Waals surface area contributed by atoms with Gasteiger partial charge in [-0.1, -0.05) is 30.7 Å². The molecule has 1 saturated heterocycles. The molecule has 1 aliphatic carbocycles. The Balaban J connectivity index is 1.59. The minimum Gasteiger partial charge on any atom is -0.378 e. The van der Waals surface area contributed by atoms with E-state index in [9.17, 15) is 0 Å². The van der Waals surface area contributed by atoms with Crippen molar-refractivity contribution < 1.29 is 4.74 Å². The van der Waals surface area contributed by atoms with Crippen molar-refractivity contribution in [2.24, 2.45) is 5.73 Å². The largest absolute Gasteiger partial charge is 0.378 e. The maximum Gasteiger partial charge on any atom is 0.0575 e. The summed E-state index contributed by atoms with van der Waals surface area (Å²) in [7, 11) is 0. The van der Waals surface area contributed by atoms with E-state index in [4.69, 9.17) is 10.5 Å². The highest BCUT2D eigenvalue weighted by atomic mass is 16.5. The van der Waals surface area contributed by atoms with Crippen molar-refractivity contribution in [2.75, 3.05) is 6.61 Å². The van der Waals surface area contributed by atoms with Gasteiger partial charge in [-0.2, -0.15) is 0 Å². The summed E-state index contributed by atoms with van der Waals surface area (Å²) < 4.78 is 5.82. The lowest BCUT2D eigenvalue weighted by atomic mass is 9.77. The van der Waals surface area contributed by atoms with Crippen LogP contribution in [0.5, 0.6) is 0 Å². The molecule has 0 spiro atoms. The number of nitrogens with two attached hydrogens (primary N) is 1. The average Bonchev–Trinajstić information content (AvgIpc) is 2.45. The fourth-order valence-electron chi connectivity index (χ4n) is 3.50. The summed E-state index contributed by atoms with van der Waals surface area (Å²) >= 11 is 0. The molecule has 0 radical (unpaired) electrons. The zero-order valence-electron chi connectivity index (χ0n) is 12.4. The van der Waals surface area contributed by atoms with Gasteiger partial charge in [-0.25, -0.2) is 0 Å². The Kier molecular flexibility index (Phi) is 4.74. The summed E-state index contributed by atoms with van der Waals surface area (Å²) in [5.74, 6) is 0.767. The fourth-order valence-corrected chi connectivity index (χ4v) is 3.50. The van der Waals surface area contributed by atoms with Crippen LogP contribution in [0, 0.1) is 0 Å². The SMILES string of the molecule is NC(CCC1CCCCO1)c1ccccc1C1CCC1. The Morgan fingerprint density at radius 2 is 1.95 bits per heavy atom. The van der Waals surface area contributed by atoms with Crippen LogP contribution in [0.4, 0.5) is 0 Å². The summed E-state index contributed by atoms with van der Waals surface area (Å²) in [4.78, 5) is 0. The standard InChI is InChI=1S/C18H27NO/c19-18(12-11-15-8-3-4-13-20-15)17-10-2-1-9-16(17)14-6-5-7-14/h1-2,9-10,14-15,18H,3-8,11-13,19H2. The van der Waals surface area contributed by atoms with Gasteiger partial charge in [0.1, 0.15) is 0 Å². The lowest BCUT2D eigenvalue weighted by molar-refractivity contribution is 0.00910. The predicted octanol–water partition coefficient (Wildman–Crippen LogP) is 4.30. The van der Waals surface area contributed by atoms with Gasteiger partial charge < -0.3 is 10.5 Å². The van der Waals surface area contributed by atoms with Crippen molar-refractivity contribution in [3.8, 4) is 0 Å². The smallest absolute Gasteiger partial charge is 0.0575 e. The van der Waals surface area contributed by atoms with Crippen LogP contribution in [0.1, 0.15) is 74.5 Å². The molecule has 1 aromatic rings. The second-order valence-electron chi connectivity index (χ2n) is 6.43. The highest BCUT2D eigenvalue weighted by molar-refractivity contribution is 5.34. The van der Waals surface area contributed by atoms with E-state index in [0.717, 1.165) is 25.4 Å². The molecule has 2 heteroatoms. The summed E-state index contributed by atoms with van der Waals surface area (Å²) in [5, 5.41) is 0. The summed E-state index contributed by atoms with van der Waals surface area (Å²) in [5.41, 5.74) is 9.37. The van der Waals surface area contributed by atoms with Crippen LogP contribution in [0.2, 0.25) is 0 Å². The van der Waals surface area contributed by atoms with E-state index < -0.39 is 0 Å². The first-order valence-electron chi connectivity index (χ1n) is 8.30. The van der Waals surface area contributed by atoms with E-state index in [1.807, 2.05) is 0 Å². The molecule has 1 heterocycles. The second-order valence-corrected chi connectivity index (χ2v) is 6.43. The molecular weight excluding hydrogens is 246 g/mol. The van der Waals surface area contributed by atoms with Crippen LogP contribution in [-0.2, 0) is 4.74 Å². The van der Waals surface area contributed by atoms with Gasteiger partial charge >= 0.3 is 0 Å². The minimum atomic E-state index is 0.178. The summed E-state index contributed by atoms with van der Waals surface area (Å²) in [6.07, 6.45) is 10.4. The van der Waals surface area contributed by atoms with Crippen LogP contribution in [0.15, 0.2) is 24.3 Å². The first-order chi connectivity index (χ1) is 9.84. The molecule has 3 rings (SSSR count). The Morgan fingerprint density at radius 3 is 2.65 bits per heavy atom. The molecule has 0 amide bonds. The molecule has 0 aromatic heterocycles. The molecule has 2 aliphatic rings. The van der Waals surface area contributed by atoms with Crippen LogP contribution >= 0.6 is 0 Å². The maximum absolute atomic E-state index is 6.47. The third-order valence-electron chi connectivity index (χ3n) is 5.01. The van der Waals surface area contributed by atoms with E-state index in [0.29, 0.717) is 6.10 Å². The molecular formula is C18H27NO. The minimum absolute atomic E-state index is 0.178. The normalized spacial score (nSPS) is 25.1. The topological polar surface area (TPSA) is 35.2 Å². The highest BCUT2D eigenvalue weighted by Gasteiger charge is 2.24. The fraction of sp³-hybridized carbons (Fsp3) is 0.667. The number of benzene rings is 1. The van der Waals surface area contributed by atoms with E-state index in [1.54, 1.807) is 0 Å². The van der Waals surface area contributed by atoms with Crippen LogP contribution < -0.4 is 5.73 Å². The molecule has 2 nitrogen and oxygen atoms in total. The predicted molar refractivity (Wildman–Crippen MR) is 82.8 cm³/mol. The highest BCUT2D eigenvalue weighted by Crippen LogP contribution is 2.39. The molecule has 2 atom stereocenters. The van der Waals surface area contributed by atoms with Gasteiger partial charge in [-0.15, -0.1) is 0 Å². The van der Waals surface area contributed by atoms with Gasteiger partial charge in [0.2, 0.25) is 0 Å². The van der Waals surface area contributed by atoms with Crippen molar-refractivity contribution in [2.45, 2.75) is 69.4 Å². The van der Waals surface area contributed by atoms with Gasteiger partial charge in [0, 0.05) is 12.6 Å². The van der Waals surface area contributed by atoms with Crippen LogP contribution in [-0.4, -0.2) is 12.7 Å². The molecule has 1 aromatic carbocycles. The molecule has 2 unspecified atom stereocenters. The zero-order chi connectivity index (χ0) is 13.8. The average molecular weight is 273 g/mol. The maximum atomic E-state index is 6.47. The zero-order valence-corrected chi connectivity index (χ0v) is 12.4. The van der Waals surface area contributed by atoms with E-state index in [-0.39, 0.29) is 6.04 Å². The van der Waals surface area contributed by atoms with E-state index in [1.165, 1.54) is 49.7 Å². The second kappa shape index (κ2) is 6.73. The van der Waals surface area contributed by atoms with Gasteiger partial charge in [0.25, 0.3) is 0 Å². The van der Waals surface area contributed by atoms with Gasteiger partial charge in [0.05, 0.1) is 6.10 Å². The van der Waals surface area contributed by atoms with Crippen LogP contribution in [0.25, 0.3) is 0 Å². The lowest BCUT2D eigenvalue weighted by Crippen LogP contribution is -2.22. The van der Waals surface area contributed by atoms with Gasteiger partial charge in [-0.3, -0.25) is 0 Å². The monoisotopic (exact) mass is 273 g/mol. The third-order valence-corrected chi connectivity index (χ3v) is 5.01. The molecule has 1 saturated carbocycles. The van der Waals surface area contributed by atoms with Crippen molar-refractivity contribution in [3.05, 3.63) is 35.4 Å². The number of ether oxygens (including phenoxy) is 1. The lowest BCUT2D eigenvalue weighted by Gasteiger charge is -2.30. The third kappa shape index (κ3) is 3.24. The molecule has 1 aliphatic heterocycles. The quantitative estimate of drug-likeness (QED) is 0.868. The van der Waals surface area contributed by atoms with Crippen molar-refractivity contribution in [1.29, 1.82) is 0 Å². The van der Waals surface area contributed by atoms with E-state index in [2.05, 4.69) is 24.3 Å². The molecule has 0 bridgehead atoms. The number of rotatable bonds is 5. The van der Waals surface area contributed by atoms with Crippen molar-refractivity contribution in [3.63, 3.8) is 0 Å². The molecule has 20 heavy (non-hydrogen) atoms. The number of hydrogen-bond acceptors (Lipinski definition) is 2. The summed E-state index contributed by atoms with van der Waals surface area (Å²) in [6.45, 7) is 0.943. The number of hydrogen-bond donors (Lipinski definition) is 1. The van der Waals surface area contributed by atoms with Crippen molar-refractivity contribution >= 4 is 0 Å². The van der Waals surface area contributed by atoms with Crippen LogP contribution in [0.3, 0.4) is 0 Å².